The molecule has 2 aromatic carbocycles. The van der Waals surface area contributed by atoms with Crippen molar-refractivity contribution in [2.24, 2.45) is 0 Å². The number of aliphatic hydroxyl groups is 1. The van der Waals surface area contributed by atoms with Crippen LogP contribution in [0.5, 0.6) is 0 Å². The van der Waals surface area contributed by atoms with Crippen LogP contribution in [0.3, 0.4) is 0 Å². The van der Waals surface area contributed by atoms with Crippen molar-refractivity contribution < 1.29 is 48.0 Å². The quantitative estimate of drug-likeness (QED) is 0.260. The highest BCUT2D eigenvalue weighted by Crippen LogP contribution is 2.28. The van der Waals surface area contributed by atoms with Crippen molar-refractivity contribution in [3.63, 3.8) is 0 Å². The van der Waals surface area contributed by atoms with Crippen molar-refractivity contribution in [3.8, 4) is 0 Å². The summed E-state index contributed by atoms with van der Waals surface area (Å²) in [5.41, 5.74) is 0.659. The molecule has 6 atom stereocenters. The second kappa shape index (κ2) is 19.5. The Morgan fingerprint density at radius 2 is 1.06 bits per heavy atom. The molecule has 3 N–H and O–H groups in total. The second-order valence-corrected chi connectivity index (χ2v) is 15.4. The first-order valence-corrected chi connectivity index (χ1v) is 17.9. The number of hydrogen-bond acceptors (Lipinski definition) is 10. The maximum Gasteiger partial charge on any atom is 0.410 e. The molecule has 0 unspecified atom stereocenters. The Balaban J connectivity index is 0.000000286. The lowest BCUT2D eigenvalue weighted by molar-refractivity contribution is -0.000511. The summed E-state index contributed by atoms with van der Waals surface area (Å²) in [4.78, 5) is 51.5. The van der Waals surface area contributed by atoms with Gasteiger partial charge in [-0.1, -0.05) is 60.7 Å². The van der Waals surface area contributed by atoms with Crippen LogP contribution in [0.1, 0.15) is 78.4 Å². The van der Waals surface area contributed by atoms with Crippen LogP contribution in [-0.2, 0) is 36.9 Å². The van der Waals surface area contributed by atoms with Gasteiger partial charge < -0.3 is 49.2 Å². The average Bonchev–Trinajstić information content (AvgIpc) is 3.67. The minimum absolute atomic E-state index is 0.131. The summed E-state index contributed by atoms with van der Waals surface area (Å²) in [6.45, 7) is 11.2. The summed E-state index contributed by atoms with van der Waals surface area (Å²) in [5, 5.41) is 15.9. The number of ether oxygens (including phenoxy) is 5. The summed E-state index contributed by atoms with van der Waals surface area (Å²) < 4.78 is 26.7. The lowest BCUT2D eigenvalue weighted by Crippen LogP contribution is -2.45. The maximum atomic E-state index is 12.3. The number of methoxy groups -OCH3 is 1. The Labute approximate surface area is 313 Å². The fourth-order valence-electron chi connectivity index (χ4n) is 6.08. The Morgan fingerprint density at radius 1 is 0.660 bits per heavy atom. The number of likely N-dealkylation sites (N-methyl/N-ethyl adjacent to an activating group) is 2. The van der Waals surface area contributed by atoms with E-state index < -0.39 is 47.7 Å². The molecule has 4 rings (SSSR count). The topological polar surface area (TPSA) is 165 Å². The van der Waals surface area contributed by atoms with Gasteiger partial charge in [-0.2, -0.15) is 0 Å². The van der Waals surface area contributed by atoms with Crippen molar-refractivity contribution in [2.75, 3.05) is 21.2 Å². The first-order chi connectivity index (χ1) is 24.8. The first kappa shape index (κ1) is 42.8. The Hall–Kier alpha value is -4.56. The zero-order valence-corrected chi connectivity index (χ0v) is 32.5. The van der Waals surface area contributed by atoms with Crippen molar-refractivity contribution in [2.45, 2.75) is 128 Å². The minimum atomic E-state index is -0.730. The maximum absolute atomic E-state index is 12.3. The Kier molecular flexibility index (Phi) is 15.8. The van der Waals surface area contributed by atoms with E-state index in [1.807, 2.05) is 81.4 Å². The lowest BCUT2D eigenvalue weighted by Gasteiger charge is -2.31. The van der Waals surface area contributed by atoms with Gasteiger partial charge in [0.25, 0.3) is 0 Å². The van der Waals surface area contributed by atoms with Crippen LogP contribution < -0.4 is 10.6 Å². The summed E-state index contributed by atoms with van der Waals surface area (Å²) in [7, 11) is 4.90. The van der Waals surface area contributed by atoms with Gasteiger partial charge >= 0.3 is 24.4 Å². The van der Waals surface area contributed by atoms with Gasteiger partial charge in [0, 0.05) is 33.3 Å². The van der Waals surface area contributed by atoms with Gasteiger partial charge in [-0.15, -0.1) is 0 Å². The van der Waals surface area contributed by atoms with E-state index in [9.17, 15) is 24.3 Å². The molecule has 14 nitrogen and oxygen atoms in total. The molecule has 2 aliphatic carbocycles. The summed E-state index contributed by atoms with van der Waals surface area (Å²) in [6, 6.07) is 17.9. The van der Waals surface area contributed by atoms with E-state index in [0.29, 0.717) is 25.7 Å². The molecule has 294 valence electrons. The second-order valence-electron chi connectivity index (χ2n) is 15.4. The van der Waals surface area contributed by atoms with Crippen molar-refractivity contribution in [1.29, 1.82) is 0 Å². The van der Waals surface area contributed by atoms with E-state index in [4.69, 9.17) is 23.7 Å². The number of amides is 4. The van der Waals surface area contributed by atoms with Gasteiger partial charge in [0.15, 0.2) is 0 Å². The molecule has 0 heterocycles. The molecule has 0 aromatic heterocycles. The predicted octanol–water partition coefficient (Wildman–Crippen LogP) is 6.00. The number of aliphatic hydroxyl groups excluding tert-OH is 1. The zero-order chi connectivity index (χ0) is 39.3. The highest BCUT2D eigenvalue weighted by molar-refractivity contribution is 5.70. The number of nitrogens with one attached hydrogen (secondary N) is 2. The van der Waals surface area contributed by atoms with E-state index in [0.717, 1.165) is 11.1 Å². The summed E-state index contributed by atoms with van der Waals surface area (Å²) in [6.07, 6.45) is -0.825. The number of benzene rings is 2. The van der Waals surface area contributed by atoms with E-state index in [-0.39, 0.29) is 37.4 Å². The molecule has 2 saturated carbocycles. The predicted molar refractivity (Wildman–Crippen MR) is 198 cm³/mol. The van der Waals surface area contributed by atoms with Gasteiger partial charge in [0.05, 0.1) is 24.3 Å². The molecular formula is C39H58N4O10. The average molecular weight is 743 g/mol. The summed E-state index contributed by atoms with van der Waals surface area (Å²) in [5.74, 6) is 0. The number of carbonyl (C=O) groups excluding carboxylic acids is 4. The first-order valence-electron chi connectivity index (χ1n) is 17.9. The fourth-order valence-corrected chi connectivity index (χ4v) is 6.08. The molecule has 53 heavy (non-hydrogen) atoms. The third-order valence-electron chi connectivity index (χ3n) is 8.70. The van der Waals surface area contributed by atoms with Crippen LogP contribution >= 0.6 is 0 Å². The van der Waals surface area contributed by atoms with Crippen LogP contribution in [0.25, 0.3) is 0 Å². The van der Waals surface area contributed by atoms with Crippen molar-refractivity contribution >= 4 is 24.4 Å². The SMILES string of the molecule is CN(C(=O)OC(C)(C)C)[C@H]1C[C@@H](NC(=O)OCc2ccccc2)C[C@@H]1O.CO[C@H]1C[C@H](NC(=O)OCc2ccccc2)C[C@@H]1N(C)C(=O)OC(C)(C)C. The normalized spacial score (nSPS) is 22.4. The largest absolute Gasteiger partial charge is 0.445 e. The van der Waals surface area contributed by atoms with E-state index in [1.54, 1.807) is 46.9 Å². The van der Waals surface area contributed by atoms with Crippen LogP contribution in [0.2, 0.25) is 0 Å². The monoisotopic (exact) mass is 742 g/mol. The molecule has 4 amide bonds. The highest BCUT2D eigenvalue weighted by atomic mass is 16.6. The van der Waals surface area contributed by atoms with Crippen LogP contribution in [0, 0.1) is 0 Å². The third-order valence-corrected chi connectivity index (χ3v) is 8.70. The highest BCUT2D eigenvalue weighted by Gasteiger charge is 2.41. The van der Waals surface area contributed by atoms with Gasteiger partial charge in [-0.3, -0.25) is 0 Å². The number of carbonyl (C=O) groups is 4. The number of hydrogen-bond donors (Lipinski definition) is 3. The van der Waals surface area contributed by atoms with Crippen LogP contribution in [-0.4, -0.2) is 108 Å². The van der Waals surface area contributed by atoms with Crippen molar-refractivity contribution in [3.05, 3.63) is 71.8 Å². The fraction of sp³-hybridized carbons (Fsp3) is 0.590. The van der Waals surface area contributed by atoms with E-state index in [2.05, 4.69) is 10.6 Å². The molecule has 2 aliphatic rings. The molecule has 0 spiro atoms. The minimum Gasteiger partial charge on any atom is -0.445 e. The Morgan fingerprint density at radius 3 is 1.47 bits per heavy atom. The smallest absolute Gasteiger partial charge is 0.410 e. The Bertz CT molecular complexity index is 1460. The molecule has 0 radical (unpaired) electrons. The molecule has 14 heteroatoms. The van der Waals surface area contributed by atoms with E-state index in [1.165, 1.54) is 4.90 Å². The van der Waals surface area contributed by atoms with Gasteiger partial charge in [-0.05, 0) is 78.4 Å². The summed E-state index contributed by atoms with van der Waals surface area (Å²) >= 11 is 0. The molecule has 2 aromatic rings. The number of nitrogens with zero attached hydrogens (tertiary/aromatic N) is 2. The molecule has 2 fully saturated rings. The van der Waals surface area contributed by atoms with Gasteiger partial charge in [0.1, 0.15) is 24.4 Å². The third kappa shape index (κ3) is 14.8. The number of rotatable bonds is 9. The van der Waals surface area contributed by atoms with Crippen LogP contribution in [0.15, 0.2) is 60.7 Å². The van der Waals surface area contributed by atoms with Crippen LogP contribution in [0.4, 0.5) is 19.2 Å². The molecule has 0 aliphatic heterocycles. The van der Waals surface area contributed by atoms with Crippen molar-refractivity contribution in [1.82, 2.24) is 20.4 Å². The van der Waals surface area contributed by atoms with Gasteiger partial charge in [-0.25, -0.2) is 19.2 Å². The molecular weight excluding hydrogens is 684 g/mol. The molecule has 0 saturated heterocycles. The lowest BCUT2D eigenvalue weighted by atomic mass is 10.2. The molecule has 0 bridgehead atoms. The zero-order valence-electron chi connectivity index (χ0n) is 32.5. The standard InChI is InChI=1S/C20H30N2O5.C19H28N2O5/c1-20(2,3)27-19(24)22(4)16-11-15(12-17(16)25-5)21-18(23)26-13-14-9-7-6-8-10-14;1-19(2,3)26-18(24)21(4)15-10-14(11-16(15)22)20-17(23)25-12-13-8-6-5-7-9-13/h6-10,15-17H,11-13H2,1-5H3,(H,21,23);5-9,14-16,22H,10-12H2,1-4H3,(H,20,23)/t15-,16+,17+;14-,15+,16+/m11/s1. The van der Waals surface area contributed by atoms with E-state index >= 15 is 0 Å². The number of alkyl carbamates (subject to hydrolysis) is 2. The van der Waals surface area contributed by atoms with Gasteiger partial charge in [0.2, 0.25) is 0 Å².